The average molecular weight is 231 g/mol. The summed E-state index contributed by atoms with van der Waals surface area (Å²) in [5.74, 6) is 1.77. The second-order valence-electron chi connectivity index (χ2n) is 5.22. The molecule has 1 fully saturated rings. The second kappa shape index (κ2) is 6.00. The Morgan fingerprint density at radius 2 is 1.93 bits per heavy atom. The van der Waals surface area contributed by atoms with Crippen LogP contribution < -0.4 is 5.32 Å². The molecule has 1 aliphatic rings. The molecule has 2 nitrogen and oxygen atoms in total. The first-order chi connectivity index (χ1) is 7.00. The Kier molecular flexibility index (Phi) is 5.27. The highest BCUT2D eigenvalue weighted by Gasteiger charge is 2.30. The van der Waals surface area contributed by atoms with Crippen molar-refractivity contribution in [2.45, 2.75) is 51.3 Å². The SMILES string of the molecule is CC(C)C1CC(NCCC(C)S(C)=O)C1. The fourth-order valence-corrected chi connectivity index (χ4v) is 2.48. The lowest BCUT2D eigenvalue weighted by Gasteiger charge is -2.38. The molecule has 1 aliphatic carbocycles. The largest absolute Gasteiger partial charge is 0.314 e. The Hall–Kier alpha value is 0.110. The standard InChI is InChI=1S/C12H25NOS/c1-9(2)11-7-12(8-11)13-6-5-10(3)15(4)14/h9-13H,5-8H2,1-4H3. The zero-order chi connectivity index (χ0) is 11.4. The van der Waals surface area contributed by atoms with Gasteiger partial charge in [-0.1, -0.05) is 20.8 Å². The summed E-state index contributed by atoms with van der Waals surface area (Å²) in [6, 6.07) is 0.731. The van der Waals surface area contributed by atoms with E-state index in [1.807, 2.05) is 0 Å². The third-order valence-electron chi connectivity index (χ3n) is 3.67. The van der Waals surface area contributed by atoms with Gasteiger partial charge in [-0.25, -0.2) is 0 Å². The van der Waals surface area contributed by atoms with E-state index in [1.54, 1.807) is 6.26 Å². The number of hydrogen-bond acceptors (Lipinski definition) is 2. The van der Waals surface area contributed by atoms with Crippen LogP contribution in [0.3, 0.4) is 0 Å². The van der Waals surface area contributed by atoms with Crippen molar-refractivity contribution in [3.63, 3.8) is 0 Å². The van der Waals surface area contributed by atoms with E-state index < -0.39 is 10.8 Å². The van der Waals surface area contributed by atoms with E-state index in [0.717, 1.165) is 30.8 Å². The molecule has 15 heavy (non-hydrogen) atoms. The van der Waals surface area contributed by atoms with Crippen molar-refractivity contribution in [3.05, 3.63) is 0 Å². The molecule has 0 saturated heterocycles. The molecular weight excluding hydrogens is 206 g/mol. The van der Waals surface area contributed by atoms with Crippen LogP contribution in [0.1, 0.15) is 40.0 Å². The molecule has 1 rings (SSSR count). The topological polar surface area (TPSA) is 29.1 Å². The van der Waals surface area contributed by atoms with Gasteiger partial charge in [-0.15, -0.1) is 0 Å². The fourth-order valence-electron chi connectivity index (χ4n) is 2.03. The van der Waals surface area contributed by atoms with Crippen molar-refractivity contribution >= 4 is 10.8 Å². The minimum atomic E-state index is -0.663. The summed E-state index contributed by atoms with van der Waals surface area (Å²) < 4.78 is 11.1. The third-order valence-corrected chi connectivity index (χ3v) is 5.04. The maximum absolute atomic E-state index is 11.1. The van der Waals surface area contributed by atoms with Crippen LogP contribution in [-0.2, 0) is 10.8 Å². The Morgan fingerprint density at radius 3 is 2.40 bits per heavy atom. The van der Waals surface area contributed by atoms with Crippen LogP contribution in [0.25, 0.3) is 0 Å². The van der Waals surface area contributed by atoms with Crippen LogP contribution in [0.4, 0.5) is 0 Å². The quantitative estimate of drug-likeness (QED) is 0.759. The smallest absolute Gasteiger partial charge is 0.0329 e. The van der Waals surface area contributed by atoms with Gasteiger partial charge in [0.25, 0.3) is 0 Å². The molecule has 1 N–H and O–H groups in total. The van der Waals surface area contributed by atoms with Gasteiger partial charge in [-0.2, -0.15) is 0 Å². The zero-order valence-electron chi connectivity index (χ0n) is 10.5. The monoisotopic (exact) mass is 231 g/mol. The molecule has 0 aromatic carbocycles. The molecule has 0 aromatic rings. The normalized spacial score (nSPS) is 29.9. The summed E-state index contributed by atoms with van der Waals surface area (Å²) in [5.41, 5.74) is 0. The van der Waals surface area contributed by atoms with Crippen molar-refractivity contribution in [3.8, 4) is 0 Å². The second-order valence-corrected chi connectivity index (χ2v) is 7.03. The average Bonchev–Trinajstić information content (AvgIpc) is 2.07. The van der Waals surface area contributed by atoms with E-state index in [9.17, 15) is 4.21 Å². The van der Waals surface area contributed by atoms with Crippen LogP contribution in [-0.4, -0.2) is 28.3 Å². The van der Waals surface area contributed by atoms with Gasteiger partial charge in [0, 0.05) is 28.3 Å². The Balaban J connectivity index is 2.02. The first-order valence-corrected chi connectivity index (χ1v) is 7.68. The van der Waals surface area contributed by atoms with Gasteiger partial charge in [0.2, 0.25) is 0 Å². The lowest BCUT2D eigenvalue weighted by molar-refractivity contribution is 0.169. The van der Waals surface area contributed by atoms with Crippen LogP contribution >= 0.6 is 0 Å². The predicted molar refractivity (Wildman–Crippen MR) is 67.5 cm³/mol. The van der Waals surface area contributed by atoms with Crippen molar-refractivity contribution in [1.29, 1.82) is 0 Å². The van der Waals surface area contributed by atoms with Crippen LogP contribution in [0.15, 0.2) is 0 Å². The highest BCUT2D eigenvalue weighted by molar-refractivity contribution is 7.84. The summed E-state index contributed by atoms with van der Waals surface area (Å²) >= 11 is 0. The van der Waals surface area contributed by atoms with Crippen LogP contribution in [0.2, 0.25) is 0 Å². The molecule has 2 unspecified atom stereocenters. The summed E-state index contributed by atoms with van der Waals surface area (Å²) in [7, 11) is -0.663. The number of nitrogens with one attached hydrogen (secondary N) is 1. The zero-order valence-corrected chi connectivity index (χ0v) is 11.3. The van der Waals surface area contributed by atoms with Crippen LogP contribution in [0, 0.1) is 11.8 Å². The van der Waals surface area contributed by atoms with Crippen LogP contribution in [0.5, 0.6) is 0 Å². The molecular formula is C12H25NOS. The highest BCUT2D eigenvalue weighted by atomic mass is 32.2. The Bertz CT molecular complexity index is 212. The van der Waals surface area contributed by atoms with E-state index in [2.05, 4.69) is 26.1 Å². The highest BCUT2D eigenvalue weighted by Crippen LogP contribution is 2.33. The molecule has 0 bridgehead atoms. The fraction of sp³-hybridized carbons (Fsp3) is 1.00. The molecule has 0 amide bonds. The predicted octanol–water partition coefficient (Wildman–Crippen LogP) is 2.17. The van der Waals surface area contributed by atoms with E-state index in [-0.39, 0.29) is 0 Å². The summed E-state index contributed by atoms with van der Waals surface area (Å²) in [6.07, 6.45) is 5.50. The first-order valence-electron chi connectivity index (χ1n) is 6.06. The number of rotatable bonds is 6. The molecule has 1 saturated carbocycles. The number of hydrogen-bond donors (Lipinski definition) is 1. The van der Waals surface area contributed by atoms with E-state index in [4.69, 9.17) is 0 Å². The Morgan fingerprint density at radius 1 is 1.33 bits per heavy atom. The summed E-state index contributed by atoms with van der Waals surface area (Å²) in [4.78, 5) is 0. The van der Waals surface area contributed by atoms with Gasteiger partial charge in [0.1, 0.15) is 0 Å². The van der Waals surface area contributed by atoms with Gasteiger partial charge in [-0.05, 0) is 37.6 Å². The minimum absolute atomic E-state index is 0.332. The molecule has 90 valence electrons. The summed E-state index contributed by atoms with van der Waals surface area (Å²) in [5, 5.41) is 3.89. The van der Waals surface area contributed by atoms with Crippen molar-refractivity contribution < 1.29 is 4.21 Å². The molecule has 3 heteroatoms. The van der Waals surface area contributed by atoms with E-state index in [0.29, 0.717) is 5.25 Å². The van der Waals surface area contributed by atoms with Crippen molar-refractivity contribution in [2.24, 2.45) is 11.8 Å². The van der Waals surface area contributed by atoms with E-state index >= 15 is 0 Å². The van der Waals surface area contributed by atoms with Gasteiger partial charge in [-0.3, -0.25) is 4.21 Å². The van der Waals surface area contributed by atoms with Gasteiger partial charge >= 0.3 is 0 Å². The first kappa shape index (κ1) is 13.2. The Labute approximate surface area is 96.7 Å². The molecule has 0 radical (unpaired) electrons. The molecule has 2 atom stereocenters. The van der Waals surface area contributed by atoms with Crippen molar-refractivity contribution in [1.82, 2.24) is 5.32 Å². The van der Waals surface area contributed by atoms with Gasteiger partial charge in [0.15, 0.2) is 0 Å². The van der Waals surface area contributed by atoms with Gasteiger partial charge in [0.05, 0.1) is 0 Å². The minimum Gasteiger partial charge on any atom is -0.314 e. The third kappa shape index (κ3) is 4.23. The maximum atomic E-state index is 11.1. The van der Waals surface area contributed by atoms with E-state index in [1.165, 1.54) is 12.8 Å². The lowest BCUT2D eigenvalue weighted by atomic mass is 9.74. The molecule has 0 heterocycles. The van der Waals surface area contributed by atoms with Gasteiger partial charge < -0.3 is 5.32 Å². The molecule has 0 aromatic heterocycles. The summed E-state index contributed by atoms with van der Waals surface area (Å²) in [6.45, 7) is 7.71. The molecule has 0 aliphatic heterocycles. The lowest BCUT2D eigenvalue weighted by Crippen LogP contribution is -2.43. The maximum Gasteiger partial charge on any atom is 0.0329 e. The molecule has 0 spiro atoms. The van der Waals surface area contributed by atoms with Crippen molar-refractivity contribution in [2.75, 3.05) is 12.8 Å².